The zero-order valence-corrected chi connectivity index (χ0v) is 19.3. The first-order valence-corrected chi connectivity index (χ1v) is 12.2. The topological polar surface area (TPSA) is 88.0 Å². The number of hydrogen-bond donors (Lipinski definition) is 3. The molecule has 1 aromatic heterocycles. The molecule has 2 saturated carbocycles. The predicted octanol–water partition coefficient (Wildman–Crippen LogP) is 3.84. The van der Waals surface area contributed by atoms with Gasteiger partial charge in [-0.05, 0) is 106 Å². The van der Waals surface area contributed by atoms with Gasteiger partial charge in [-0.15, -0.1) is 0 Å². The van der Waals surface area contributed by atoms with Crippen LogP contribution in [0.1, 0.15) is 83.8 Å². The highest BCUT2D eigenvalue weighted by Gasteiger charge is 2.48. The number of nitrogens with zero attached hydrogens (tertiary/aromatic N) is 2. The van der Waals surface area contributed by atoms with Gasteiger partial charge >= 0.3 is 0 Å². The lowest BCUT2D eigenvalue weighted by molar-refractivity contribution is -0.119. The van der Waals surface area contributed by atoms with Crippen LogP contribution < -0.4 is 16.0 Å². The van der Waals surface area contributed by atoms with Crippen molar-refractivity contribution < 1.29 is 13.7 Å². The highest BCUT2D eigenvalue weighted by molar-refractivity contribution is 6.00. The Balaban J connectivity index is 1.34. The van der Waals surface area contributed by atoms with E-state index in [-0.39, 0.29) is 29.8 Å². The summed E-state index contributed by atoms with van der Waals surface area (Å²) in [5.74, 6) is 0.593. The van der Waals surface area contributed by atoms with Crippen molar-refractivity contribution in [2.24, 2.45) is 17.8 Å². The Morgan fingerprint density at radius 1 is 1.12 bits per heavy atom. The summed E-state index contributed by atoms with van der Waals surface area (Å²) in [5, 5.41) is 13.1. The predicted molar refractivity (Wildman–Crippen MR) is 128 cm³/mol. The van der Waals surface area contributed by atoms with Gasteiger partial charge in [0.25, 0.3) is 5.91 Å². The summed E-state index contributed by atoms with van der Waals surface area (Å²) in [6.07, 6.45) is 7.46. The second kappa shape index (κ2) is 8.93. The maximum atomic E-state index is 13.7. The van der Waals surface area contributed by atoms with Crippen molar-refractivity contribution in [3.05, 3.63) is 47.3 Å². The summed E-state index contributed by atoms with van der Waals surface area (Å²) >= 11 is 0. The van der Waals surface area contributed by atoms with Crippen LogP contribution in [0.5, 0.6) is 0 Å². The highest BCUT2D eigenvalue weighted by atomic mass is 16.2. The molecule has 7 nitrogen and oxygen atoms in total. The molecule has 0 aliphatic heterocycles. The van der Waals surface area contributed by atoms with Gasteiger partial charge in [-0.2, -0.15) is 5.10 Å². The van der Waals surface area contributed by atoms with E-state index in [1.807, 2.05) is 32.0 Å². The first-order chi connectivity index (χ1) is 17.1. The molecule has 33 heavy (non-hydrogen) atoms. The first-order valence-electron chi connectivity index (χ1n) is 13.7. The standard InChI is InChI=1S/C26H35N5O2/c1-15(2)31-22(12-13-28-31)25(32)30-24(23(16-4-5-16)17-6-7-17)26(33)29-19-9-10-20-18(14-19)8-11-21(20)27-3/h9-10,12-17,21,23-24,27H,4-8,11H2,1-3H3,(H,29,33)(H,30,32)/t21-,24+/m1/s1/i3D3. The van der Waals surface area contributed by atoms with Crippen LogP contribution in [0.2, 0.25) is 0 Å². The number of aryl methyl sites for hydroxylation is 1. The Morgan fingerprint density at radius 3 is 2.55 bits per heavy atom. The minimum atomic E-state index is -2.20. The van der Waals surface area contributed by atoms with Gasteiger partial charge in [-0.1, -0.05) is 6.07 Å². The number of amides is 2. The van der Waals surface area contributed by atoms with Crippen LogP contribution in [-0.4, -0.2) is 34.6 Å². The largest absolute Gasteiger partial charge is 0.339 e. The Bertz CT molecular complexity index is 1120. The van der Waals surface area contributed by atoms with Gasteiger partial charge in [0.1, 0.15) is 11.7 Å². The first kappa shape index (κ1) is 18.7. The van der Waals surface area contributed by atoms with E-state index >= 15 is 0 Å². The minimum absolute atomic E-state index is 0.0331. The lowest BCUT2D eigenvalue weighted by atomic mass is 9.88. The Kier molecular flexibility index (Phi) is 5.07. The maximum absolute atomic E-state index is 13.7. The highest BCUT2D eigenvalue weighted by Crippen LogP contribution is 2.51. The Labute approximate surface area is 199 Å². The molecule has 176 valence electrons. The van der Waals surface area contributed by atoms with Crippen molar-refractivity contribution in [2.75, 3.05) is 12.3 Å². The molecule has 0 bridgehead atoms. The van der Waals surface area contributed by atoms with Crippen LogP contribution in [0.15, 0.2) is 30.5 Å². The summed E-state index contributed by atoms with van der Waals surface area (Å²) in [6, 6.07) is 6.55. The smallest absolute Gasteiger partial charge is 0.270 e. The second-order valence-electron chi connectivity index (χ2n) is 10.1. The number of hydrogen-bond acceptors (Lipinski definition) is 4. The Hall–Kier alpha value is -2.67. The maximum Gasteiger partial charge on any atom is 0.270 e. The van der Waals surface area contributed by atoms with Gasteiger partial charge in [0, 0.05) is 28.1 Å². The average molecular weight is 453 g/mol. The van der Waals surface area contributed by atoms with Crippen LogP contribution in [0, 0.1) is 17.8 Å². The van der Waals surface area contributed by atoms with Crippen molar-refractivity contribution in [3.63, 3.8) is 0 Å². The van der Waals surface area contributed by atoms with Crippen molar-refractivity contribution in [1.82, 2.24) is 20.4 Å². The van der Waals surface area contributed by atoms with Gasteiger partial charge in [0.2, 0.25) is 5.91 Å². The number of carbonyl (C=O) groups excluding carboxylic acids is 2. The number of benzene rings is 1. The van der Waals surface area contributed by atoms with E-state index in [2.05, 4.69) is 21.0 Å². The molecule has 2 fully saturated rings. The third kappa shape index (κ3) is 4.56. The lowest BCUT2D eigenvalue weighted by Crippen LogP contribution is -2.50. The normalized spacial score (nSPS) is 22.4. The molecule has 1 heterocycles. The fourth-order valence-electron chi connectivity index (χ4n) is 5.41. The van der Waals surface area contributed by atoms with Crippen molar-refractivity contribution in [1.29, 1.82) is 0 Å². The molecule has 0 spiro atoms. The van der Waals surface area contributed by atoms with E-state index < -0.39 is 13.0 Å². The van der Waals surface area contributed by atoms with E-state index in [4.69, 9.17) is 4.11 Å². The van der Waals surface area contributed by atoms with Gasteiger partial charge in [-0.25, -0.2) is 0 Å². The van der Waals surface area contributed by atoms with Crippen molar-refractivity contribution >= 4 is 17.5 Å². The third-order valence-electron chi connectivity index (χ3n) is 7.34. The second-order valence-corrected chi connectivity index (χ2v) is 10.1. The molecule has 1 aromatic carbocycles. The summed E-state index contributed by atoms with van der Waals surface area (Å²) in [4.78, 5) is 26.9. The van der Waals surface area contributed by atoms with E-state index in [1.54, 1.807) is 16.9 Å². The third-order valence-corrected chi connectivity index (χ3v) is 7.34. The van der Waals surface area contributed by atoms with Crippen molar-refractivity contribution in [3.8, 4) is 0 Å². The molecule has 3 aliphatic rings. The summed E-state index contributed by atoms with van der Waals surface area (Å²) in [7, 11) is 0. The van der Waals surface area contributed by atoms with Crippen LogP contribution >= 0.6 is 0 Å². The fourth-order valence-corrected chi connectivity index (χ4v) is 5.41. The van der Waals surface area contributed by atoms with E-state index in [1.165, 1.54) is 0 Å². The zero-order valence-electron chi connectivity index (χ0n) is 22.3. The van der Waals surface area contributed by atoms with Crippen LogP contribution in [0.3, 0.4) is 0 Å². The fraction of sp³-hybridized carbons (Fsp3) is 0.577. The molecule has 0 unspecified atom stereocenters. The zero-order chi connectivity index (χ0) is 25.6. The van der Waals surface area contributed by atoms with Gasteiger partial charge in [-0.3, -0.25) is 14.3 Å². The summed E-state index contributed by atoms with van der Waals surface area (Å²) in [5.41, 5.74) is 3.13. The average Bonchev–Trinajstić information content (AvgIpc) is 3.73. The van der Waals surface area contributed by atoms with Gasteiger partial charge in [0.05, 0.1) is 0 Å². The van der Waals surface area contributed by atoms with E-state index in [0.717, 1.165) is 43.2 Å². The van der Waals surface area contributed by atoms with Gasteiger partial charge < -0.3 is 16.0 Å². The lowest BCUT2D eigenvalue weighted by Gasteiger charge is -2.28. The monoisotopic (exact) mass is 452 g/mol. The molecule has 5 rings (SSSR count). The molecule has 3 aliphatic carbocycles. The van der Waals surface area contributed by atoms with Crippen LogP contribution in [0.25, 0.3) is 0 Å². The molecule has 3 N–H and O–H groups in total. The molecule has 0 saturated heterocycles. The number of fused-ring (bicyclic) bond motifs is 1. The number of rotatable bonds is 9. The van der Waals surface area contributed by atoms with Gasteiger partial charge in [0.15, 0.2) is 0 Å². The molecule has 2 aromatic rings. The SMILES string of the molecule is [2H]C([2H])([2H])N[C@@H]1CCc2cc(NC(=O)[C@@H](NC(=O)c3ccnn3C(C)C)C(C3CC3)C3CC3)ccc21. The summed E-state index contributed by atoms with van der Waals surface area (Å²) < 4.78 is 24.2. The van der Waals surface area contributed by atoms with E-state index in [9.17, 15) is 9.59 Å². The quantitative estimate of drug-likeness (QED) is 0.539. The minimum Gasteiger partial charge on any atom is -0.339 e. The number of nitrogens with one attached hydrogen (secondary N) is 3. The van der Waals surface area contributed by atoms with E-state index in [0.29, 0.717) is 29.6 Å². The van der Waals surface area contributed by atoms with Crippen LogP contribution in [-0.2, 0) is 11.2 Å². The molecule has 2 atom stereocenters. The molecular weight excluding hydrogens is 414 g/mol. The number of carbonyl (C=O) groups is 2. The Morgan fingerprint density at radius 2 is 1.88 bits per heavy atom. The molecule has 2 amide bonds. The molecule has 0 radical (unpaired) electrons. The number of aromatic nitrogens is 2. The van der Waals surface area contributed by atoms with Crippen LogP contribution in [0.4, 0.5) is 5.69 Å². The molecular formula is C26H35N5O2. The number of anilines is 1. The van der Waals surface area contributed by atoms with Crippen molar-refractivity contribution in [2.45, 2.75) is 70.5 Å². The molecule has 7 heteroatoms. The summed E-state index contributed by atoms with van der Waals surface area (Å²) in [6.45, 7) is 1.74.